The van der Waals surface area contributed by atoms with Crippen LogP contribution in [0.2, 0.25) is 0 Å². The van der Waals surface area contributed by atoms with Gasteiger partial charge in [-0.3, -0.25) is 9.36 Å². The van der Waals surface area contributed by atoms with E-state index in [1.54, 1.807) is 13.1 Å². The average molecular weight is 293 g/mol. The molecule has 1 heterocycles. The number of thioether (sulfide) groups is 1. The lowest BCUT2D eigenvalue weighted by Crippen LogP contribution is -2.13. The van der Waals surface area contributed by atoms with Crippen LogP contribution in [0.25, 0.3) is 0 Å². The van der Waals surface area contributed by atoms with Crippen molar-refractivity contribution in [3.8, 4) is 5.75 Å². The fraction of sp³-hybridized carbons (Fsp3) is 0.308. The third kappa shape index (κ3) is 2.93. The molecule has 0 bridgehead atoms. The van der Waals surface area contributed by atoms with Gasteiger partial charge in [-0.15, -0.1) is 5.10 Å². The number of rotatable bonds is 5. The molecular weight excluding hydrogens is 278 g/mol. The number of nitrogens with one attached hydrogen (secondary N) is 1. The number of carbonyl (C=O) groups excluding carboxylic acids is 1. The van der Waals surface area contributed by atoms with Gasteiger partial charge < -0.3 is 4.74 Å². The molecule has 0 atom stereocenters. The Morgan fingerprint density at radius 1 is 1.50 bits per heavy atom. The van der Waals surface area contributed by atoms with Crippen LogP contribution in [0.3, 0.4) is 0 Å². The van der Waals surface area contributed by atoms with Gasteiger partial charge in [0.25, 0.3) is 0 Å². The minimum Gasteiger partial charge on any atom is -0.496 e. The van der Waals surface area contributed by atoms with Gasteiger partial charge in [-0.1, -0.05) is 17.8 Å². The number of aryl methyl sites for hydroxylation is 1. The van der Waals surface area contributed by atoms with Crippen molar-refractivity contribution in [1.82, 2.24) is 14.8 Å². The number of benzene rings is 1. The molecule has 0 unspecified atom stereocenters. The second-order valence-corrected chi connectivity index (χ2v) is 5.23. The quantitative estimate of drug-likeness (QED) is 0.666. The summed E-state index contributed by atoms with van der Waals surface area (Å²) in [5.41, 5.74) is 1.26. The van der Waals surface area contributed by atoms with Crippen molar-refractivity contribution in [3.63, 3.8) is 0 Å². The molecule has 0 fully saturated rings. The zero-order chi connectivity index (χ0) is 14.7. The fourth-order valence-corrected chi connectivity index (χ4v) is 2.50. The summed E-state index contributed by atoms with van der Waals surface area (Å²) < 4.78 is 6.59. The molecule has 1 aromatic carbocycles. The van der Waals surface area contributed by atoms with E-state index >= 15 is 0 Å². The lowest BCUT2D eigenvalue weighted by molar-refractivity contribution is 0.101. The van der Waals surface area contributed by atoms with E-state index < -0.39 is 0 Å². The summed E-state index contributed by atoms with van der Waals surface area (Å²) in [5.74, 6) is 0.686. The molecule has 20 heavy (non-hydrogen) atoms. The predicted octanol–water partition coefficient (Wildman–Crippen LogP) is 1.40. The number of hydrogen-bond donors (Lipinski definition) is 1. The Bertz CT molecular complexity index is 690. The van der Waals surface area contributed by atoms with Crippen molar-refractivity contribution in [2.45, 2.75) is 12.1 Å². The highest BCUT2D eigenvalue weighted by atomic mass is 32.2. The molecule has 0 spiro atoms. The maximum absolute atomic E-state index is 12.2. The molecule has 0 aliphatic heterocycles. The number of Topliss-reactive ketones (excluding diaryl/α,β-unsaturated/α-hetero) is 1. The fourth-order valence-electron chi connectivity index (χ4n) is 1.70. The van der Waals surface area contributed by atoms with E-state index in [-0.39, 0.29) is 17.2 Å². The lowest BCUT2D eigenvalue weighted by Gasteiger charge is -2.08. The third-order valence-corrected chi connectivity index (χ3v) is 3.86. The lowest BCUT2D eigenvalue weighted by atomic mass is 10.1. The van der Waals surface area contributed by atoms with Gasteiger partial charge >= 0.3 is 5.69 Å². The van der Waals surface area contributed by atoms with Gasteiger partial charge in [-0.25, -0.2) is 9.89 Å². The van der Waals surface area contributed by atoms with Crippen LogP contribution in [-0.2, 0) is 7.05 Å². The average Bonchev–Trinajstić information content (AvgIpc) is 2.76. The maximum Gasteiger partial charge on any atom is 0.343 e. The molecule has 0 saturated carbocycles. The highest BCUT2D eigenvalue weighted by Gasteiger charge is 2.14. The van der Waals surface area contributed by atoms with Crippen molar-refractivity contribution < 1.29 is 9.53 Å². The number of ether oxygens (including phenoxy) is 1. The number of aromatic amines is 1. The Balaban J connectivity index is 2.13. The Kier molecular flexibility index (Phi) is 4.29. The van der Waals surface area contributed by atoms with Gasteiger partial charge in [0.05, 0.1) is 18.4 Å². The smallest absolute Gasteiger partial charge is 0.343 e. The molecule has 2 rings (SSSR count). The van der Waals surface area contributed by atoms with E-state index in [9.17, 15) is 9.59 Å². The zero-order valence-corrected chi connectivity index (χ0v) is 12.3. The number of nitrogens with zero attached hydrogens (tertiary/aromatic N) is 2. The second kappa shape index (κ2) is 5.96. The summed E-state index contributed by atoms with van der Waals surface area (Å²) in [7, 11) is 3.14. The molecule has 0 aliphatic carbocycles. The third-order valence-electron chi connectivity index (χ3n) is 2.83. The Hall–Kier alpha value is -2.02. The summed E-state index contributed by atoms with van der Waals surface area (Å²) in [6.07, 6.45) is 0. The topological polar surface area (TPSA) is 77.0 Å². The van der Waals surface area contributed by atoms with Crippen LogP contribution in [0.1, 0.15) is 15.9 Å². The van der Waals surface area contributed by atoms with E-state index in [0.717, 1.165) is 5.56 Å². The van der Waals surface area contributed by atoms with Crippen LogP contribution in [-0.4, -0.2) is 33.4 Å². The Morgan fingerprint density at radius 2 is 2.25 bits per heavy atom. The number of H-pyrrole nitrogens is 1. The molecule has 6 nitrogen and oxygen atoms in total. The molecule has 0 amide bonds. The summed E-state index contributed by atoms with van der Waals surface area (Å²) in [5, 5.41) is 6.65. The molecule has 1 aromatic heterocycles. The highest BCUT2D eigenvalue weighted by Crippen LogP contribution is 2.23. The van der Waals surface area contributed by atoms with Crippen molar-refractivity contribution >= 4 is 17.5 Å². The standard InChI is InChI=1S/C13H15N3O3S/c1-8-4-5-9(11(6-8)19-3)10(17)7-20-13-15-14-12(18)16(13)2/h4-6H,7H2,1-3H3,(H,14,18). The molecule has 0 saturated heterocycles. The summed E-state index contributed by atoms with van der Waals surface area (Å²) in [6.45, 7) is 1.94. The van der Waals surface area contributed by atoms with Crippen LogP contribution in [0.15, 0.2) is 28.2 Å². The Morgan fingerprint density at radius 3 is 2.85 bits per heavy atom. The van der Waals surface area contributed by atoms with E-state index in [2.05, 4.69) is 10.2 Å². The van der Waals surface area contributed by atoms with Crippen LogP contribution in [0, 0.1) is 6.92 Å². The van der Waals surface area contributed by atoms with Gasteiger partial charge in [-0.2, -0.15) is 0 Å². The van der Waals surface area contributed by atoms with Gasteiger partial charge in [0.15, 0.2) is 10.9 Å². The number of ketones is 1. The predicted molar refractivity (Wildman–Crippen MR) is 76.6 cm³/mol. The molecule has 0 aliphatic rings. The zero-order valence-electron chi connectivity index (χ0n) is 11.5. The maximum atomic E-state index is 12.2. The second-order valence-electron chi connectivity index (χ2n) is 4.29. The van der Waals surface area contributed by atoms with Gasteiger partial charge in [0.1, 0.15) is 5.75 Å². The highest BCUT2D eigenvalue weighted by molar-refractivity contribution is 7.99. The molecule has 1 N–H and O–H groups in total. The SMILES string of the molecule is COc1cc(C)ccc1C(=O)CSc1n[nH]c(=O)n1C. The van der Waals surface area contributed by atoms with E-state index in [1.165, 1.54) is 23.4 Å². The molecule has 7 heteroatoms. The van der Waals surface area contributed by atoms with E-state index in [0.29, 0.717) is 16.5 Å². The summed E-state index contributed by atoms with van der Waals surface area (Å²) in [4.78, 5) is 23.4. The molecule has 106 valence electrons. The first-order chi connectivity index (χ1) is 9.52. The summed E-state index contributed by atoms with van der Waals surface area (Å²) >= 11 is 1.21. The summed E-state index contributed by atoms with van der Waals surface area (Å²) in [6, 6.07) is 5.44. The first-order valence-electron chi connectivity index (χ1n) is 5.95. The first kappa shape index (κ1) is 14.4. The number of hydrogen-bond acceptors (Lipinski definition) is 5. The molecule has 0 radical (unpaired) electrons. The minimum absolute atomic E-state index is 0.0673. The van der Waals surface area contributed by atoms with Crippen LogP contribution in [0.4, 0.5) is 0 Å². The number of carbonyl (C=O) groups is 1. The van der Waals surface area contributed by atoms with Crippen LogP contribution in [0.5, 0.6) is 5.75 Å². The van der Waals surface area contributed by atoms with Gasteiger partial charge in [-0.05, 0) is 24.6 Å². The molecule has 2 aromatic rings. The van der Waals surface area contributed by atoms with E-state index in [1.807, 2.05) is 19.1 Å². The van der Waals surface area contributed by atoms with Crippen molar-refractivity contribution in [2.24, 2.45) is 7.05 Å². The van der Waals surface area contributed by atoms with Crippen molar-refractivity contribution in [2.75, 3.05) is 12.9 Å². The minimum atomic E-state index is -0.298. The van der Waals surface area contributed by atoms with Crippen LogP contribution >= 0.6 is 11.8 Å². The van der Waals surface area contributed by atoms with Crippen LogP contribution < -0.4 is 10.4 Å². The molecular formula is C13H15N3O3S. The largest absolute Gasteiger partial charge is 0.496 e. The number of methoxy groups -OCH3 is 1. The normalized spacial score (nSPS) is 10.6. The first-order valence-corrected chi connectivity index (χ1v) is 6.93. The Labute approximate surface area is 120 Å². The van der Waals surface area contributed by atoms with Gasteiger partial charge in [0, 0.05) is 7.05 Å². The van der Waals surface area contributed by atoms with Crippen molar-refractivity contribution in [3.05, 3.63) is 39.8 Å². The van der Waals surface area contributed by atoms with Crippen molar-refractivity contribution in [1.29, 1.82) is 0 Å². The monoisotopic (exact) mass is 293 g/mol. The number of aromatic nitrogens is 3. The van der Waals surface area contributed by atoms with E-state index in [4.69, 9.17) is 4.74 Å². The van der Waals surface area contributed by atoms with Gasteiger partial charge in [0.2, 0.25) is 0 Å².